The fourth-order valence-electron chi connectivity index (χ4n) is 2.31. The largest absolute Gasteiger partial charge is 0.340 e. The van der Waals surface area contributed by atoms with Gasteiger partial charge in [-0.3, -0.25) is 4.79 Å². The summed E-state index contributed by atoms with van der Waals surface area (Å²) in [6, 6.07) is 8.55. The van der Waals surface area contributed by atoms with Crippen LogP contribution >= 0.6 is 11.8 Å². The van der Waals surface area contributed by atoms with Crippen molar-refractivity contribution in [3.05, 3.63) is 35.4 Å². The molecule has 1 atom stereocenters. The van der Waals surface area contributed by atoms with Crippen molar-refractivity contribution >= 4 is 17.7 Å². The van der Waals surface area contributed by atoms with Crippen LogP contribution in [0.15, 0.2) is 24.3 Å². The van der Waals surface area contributed by atoms with E-state index in [-0.39, 0.29) is 11.3 Å². The highest BCUT2D eigenvalue weighted by molar-refractivity contribution is 8.00. The van der Waals surface area contributed by atoms with Gasteiger partial charge in [-0.25, -0.2) is 0 Å². The van der Waals surface area contributed by atoms with Crippen LogP contribution in [-0.2, 0) is 4.79 Å². The zero-order valence-electron chi connectivity index (χ0n) is 12.0. The molecule has 1 amide bonds. The van der Waals surface area contributed by atoms with Gasteiger partial charge in [-0.05, 0) is 12.5 Å². The minimum atomic E-state index is 0.213. The van der Waals surface area contributed by atoms with Gasteiger partial charge >= 0.3 is 0 Å². The normalized spacial score (nSPS) is 19.5. The van der Waals surface area contributed by atoms with Gasteiger partial charge in [0.15, 0.2) is 0 Å². The van der Waals surface area contributed by atoms with E-state index in [9.17, 15) is 4.79 Å². The van der Waals surface area contributed by atoms with Gasteiger partial charge in [0, 0.05) is 13.0 Å². The summed E-state index contributed by atoms with van der Waals surface area (Å²) >= 11 is 1.75. The molecule has 19 heavy (non-hydrogen) atoms. The molecule has 1 aliphatic heterocycles. The van der Waals surface area contributed by atoms with Crippen LogP contribution in [-0.4, -0.2) is 43.7 Å². The third-order valence-electron chi connectivity index (χ3n) is 3.41. The lowest BCUT2D eigenvalue weighted by Gasteiger charge is -2.24. The van der Waals surface area contributed by atoms with Crippen LogP contribution in [0.3, 0.4) is 0 Å². The van der Waals surface area contributed by atoms with E-state index in [1.807, 2.05) is 4.90 Å². The smallest absolute Gasteiger partial charge is 0.233 e. The molecule has 1 saturated heterocycles. The average molecular weight is 279 g/mol. The van der Waals surface area contributed by atoms with E-state index in [1.54, 1.807) is 11.8 Å². The van der Waals surface area contributed by atoms with Crippen molar-refractivity contribution in [3.8, 4) is 0 Å². The van der Waals surface area contributed by atoms with Crippen LogP contribution in [0.5, 0.6) is 0 Å². The van der Waals surface area contributed by atoms with Crippen molar-refractivity contribution in [2.45, 2.75) is 18.7 Å². The second kappa shape index (κ2) is 6.44. The Morgan fingerprint density at radius 1 is 1.32 bits per heavy atom. The molecule has 0 unspecified atom stereocenters. The maximum absolute atomic E-state index is 12.0. The van der Waals surface area contributed by atoms with E-state index in [1.165, 1.54) is 16.0 Å². The Bertz CT molecular complexity index is 430. The lowest BCUT2D eigenvalue weighted by molar-refractivity contribution is -0.858. The van der Waals surface area contributed by atoms with E-state index < -0.39 is 0 Å². The van der Waals surface area contributed by atoms with Gasteiger partial charge in [0.1, 0.15) is 5.37 Å². The maximum Gasteiger partial charge on any atom is 0.233 e. The molecule has 4 heteroatoms. The number of hydrogen-bond acceptors (Lipinski definition) is 2. The van der Waals surface area contributed by atoms with Crippen molar-refractivity contribution in [2.75, 3.05) is 32.9 Å². The van der Waals surface area contributed by atoms with Gasteiger partial charge in [-0.2, -0.15) is 0 Å². The van der Waals surface area contributed by atoms with Gasteiger partial charge in [0.25, 0.3) is 0 Å². The van der Waals surface area contributed by atoms with E-state index in [4.69, 9.17) is 0 Å². The number of hydrogen-bond donors (Lipinski definition) is 1. The van der Waals surface area contributed by atoms with Crippen LogP contribution in [0.1, 0.15) is 22.9 Å². The van der Waals surface area contributed by atoms with Crippen molar-refractivity contribution in [2.24, 2.45) is 0 Å². The number of amides is 1. The van der Waals surface area contributed by atoms with Gasteiger partial charge in [-0.1, -0.05) is 29.8 Å². The molecule has 0 aliphatic carbocycles. The molecular weight excluding hydrogens is 256 g/mol. The first-order valence-corrected chi connectivity index (χ1v) is 7.89. The molecule has 2 rings (SSSR count). The topological polar surface area (TPSA) is 24.8 Å². The second-order valence-electron chi connectivity index (χ2n) is 5.47. The number of quaternary nitrogens is 1. The zero-order valence-corrected chi connectivity index (χ0v) is 12.8. The summed E-state index contributed by atoms with van der Waals surface area (Å²) in [4.78, 5) is 15.5. The second-order valence-corrected chi connectivity index (χ2v) is 6.54. The highest BCUT2D eigenvalue weighted by atomic mass is 32.2. The highest BCUT2D eigenvalue weighted by Crippen LogP contribution is 2.38. The monoisotopic (exact) mass is 279 g/mol. The summed E-state index contributed by atoms with van der Waals surface area (Å²) < 4.78 is 0. The number of thioether (sulfide) groups is 1. The van der Waals surface area contributed by atoms with Gasteiger partial charge < -0.3 is 9.80 Å². The number of carbonyl (C=O) groups is 1. The zero-order chi connectivity index (χ0) is 13.8. The Hall–Kier alpha value is -1.00. The highest BCUT2D eigenvalue weighted by Gasteiger charge is 2.32. The molecule has 0 radical (unpaired) electrons. The molecule has 0 saturated carbocycles. The molecule has 3 nitrogen and oxygen atoms in total. The van der Waals surface area contributed by atoms with Crippen LogP contribution in [0, 0.1) is 6.92 Å². The first-order valence-electron chi connectivity index (χ1n) is 6.84. The standard InChI is InChI=1S/C15H22N2OS/c1-12-5-7-13(8-6-12)15-17(14(18)11-19-15)10-4-9-16(2)3/h5-8,15H,4,9-11H2,1-3H3/p+1/t15-/m1/s1. The minimum Gasteiger partial charge on any atom is -0.340 e. The lowest BCUT2D eigenvalue weighted by Crippen LogP contribution is -3.05. The molecule has 0 aromatic heterocycles. The van der Waals surface area contributed by atoms with Gasteiger partial charge in [0.2, 0.25) is 5.91 Å². The number of carbonyl (C=O) groups excluding carboxylic acids is 1. The number of nitrogens with one attached hydrogen (secondary N) is 1. The van der Waals surface area contributed by atoms with Crippen LogP contribution in [0.2, 0.25) is 0 Å². The third-order valence-corrected chi connectivity index (χ3v) is 4.66. The lowest BCUT2D eigenvalue weighted by atomic mass is 10.1. The van der Waals surface area contributed by atoms with Crippen molar-refractivity contribution in [1.29, 1.82) is 0 Å². The fraction of sp³-hybridized carbons (Fsp3) is 0.533. The number of rotatable bonds is 5. The predicted molar refractivity (Wildman–Crippen MR) is 80.4 cm³/mol. The Kier molecular flexibility index (Phi) is 4.88. The molecule has 1 N–H and O–H groups in total. The van der Waals surface area contributed by atoms with E-state index in [0.717, 1.165) is 19.5 Å². The van der Waals surface area contributed by atoms with E-state index >= 15 is 0 Å². The number of aryl methyl sites for hydroxylation is 1. The Balaban J connectivity index is 2.02. The predicted octanol–water partition coefficient (Wildman–Crippen LogP) is 1.10. The summed E-state index contributed by atoms with van der Waals surface area (Å²) in [5.41, 5.74) is 2.51. The molecule has 0 bridgehead atoms. The first-order chi connectivity index (χ1) is 9.08. The molecule has 0 spiro atoms. The van der Waals surface area contributed by atoms with Crippen molar-refractivity contribution in [3.63, 3.8) is 0 Å². The molecule has 1 aromatic carbocycles. The molecule has 1 heterocycles. The summed E-state index contributed by atoms with van der Waals surface area (Å²) in [7, 11) is 4.30. The Labute approximate surface area is 120 Å². The maximum atomic E-state index is 12.0. The minimum absolute atomic E-state index is 0.213. The van der Waals surface area contributed by atoms with Crippen LogP contribution < -0.4 is 4.90 Å². The summed E-state index contributed by atoms with van der Waals surface area (Å²) in [5, 5.41) is 0.213. The fourth-order valence-corrected chi connectivity index (χ4v) is 3.52. The summed E-state index contributed by atoms with van der Waals surface area (Å²) in [6.45, 7) is 4.07. The number of benzene rings is 1. The van der Waals surface area contributed by atoms with Crippen LogP contribution in [0.25, 0.3) is 0 Å². The number of nitrogens with zero attached hydrogens (tertiary/aromatic N) is 1. The molecule has 1 aliphatic rings. The Morgan fingerprint density at radius 3 is 2.63 bits per heavy atom. The summed E-state index contributed by atoms with van der Waals surface area (Å²) in [6.07, 6.45) is 1.07. The Morgan fingerprint density at radius 2 is 2.00 bits per heavy atom. The SMILES string of the molecule is Cc1ccc([C@H]2SCC(=O)N2CCC[NH+](C)C)cc1. The van der Waals surface area contributed by atoms with Gasteiger partial charge in [0.05, 0.1) is 26.4 Å². The van der Waals surface area contributed by atoms with Gasteiger partial charge in [-0.15, -0.1) is 11.8 Å². The van der Waals surface area contributed by atoms with E-state index in [0.29, 0.717) is 5.75 Å². The van der Waals surface area contributed by atoms with Crippen molar-refractivity contribution in [1.82, 2.24) is 4.90 Å². The molecule has 104 valence electrons. The molecule has 1 fully saturated rings. The first kappa shape index (κ1) is 14.4. The van der Waals surface area contributed by atoms with Crippen LogP contribution in [0.4, 0.5) is 0 Å². The average Bonchev–Trinajstić information content (AvgIpc) is 2.72. The summed E-state index contributed by atoms with van der Waals surface area (Å²) in [5.74, 6) is 0.900. The third kappa shape index (κ3) is 3.74. The molecular formula is C15H23N2OS+. The molecule has 1 aromatic rings. The van der Waals surface area contributed by atoms with Crippen molar-refractivity contribution < 1.29 is 9.69 Å². The van der Waals surface area contributed by atoms with E-state index in [2.05, 4.69) is 45.3 Å². The quantitative estimate of drug-likeness (QED) is 0.873.